The van der Waals surface area contributed by atoms with Gasteiger partial charge in [-0.1, -0.05) is 24.3 Å². The summed E-state index contributed by atoms with van der Waals surface area (Å²) in [5.41, 5.74) is 9.68. The molecule has 0 saturated heterocycles. The summed E-state index contributed by atoms with van der Waals surface area (Å²) in [7, 11) is 0. The fraction of sp³-hybridized carbons (Fsp3) is 0.154. The van der Waals surface area contributed by atoms with Gasteiger partial charge in [0.25, 0.3) is 0 Å². The Kier molecular flexibility index (Phi) is 6.81. The van der Waals surface area contributed by atoms with E-state index in [1.54, 1.807) is 12.4 Å². The van der Waals surface area contributed by atoms with Crippen molar-refractivity contribution in [2.24, 2.45) is 5.73 Å². The van der Waals surface area contributed by atoms with Crippen LogP contribution in [0, 0.1) is 6.92 Å². The van der Waals surface area contributed by atoms with Gasteiger partial charge in [0, 0.05) is 12.4 Å². The normalized spacial score (nSPS) is 10.9. The van der Waals surface area contributed by atoms with Crippen molar-refractivity contribution in [2.75, 3.05) is 0 Å². The van der Waals surface area contributed by atoms with Gasteiger partial charge in [-0.15, -0.1) is 24.8 Å². The number of pyridine rings is 1. The van der Waals surface area contributed by atoms with E-state index >= 15 is 0 Å². The van der Waals surface area contributed by atoms with Gasteiger partial charge < -0.3 is 5.73 Å². The maximum absolute atomic E-state index is 6.19. The van der Waals surface area contributed by atoms with Crippen molar-refractivity contribution in [3.8, 4) is 0 Å². The molecular formula is C13H16Cl2N2. The number of hydrogen-bond donors (Lipinski definition) is 1. The van der Waals surface area contributed by atoms with Crippen molar-refractivity contribution in [2.45, 2.75) is 13.0 Å². The highest BCUT2D eigenvalue weighted by Gasteiger charge is 2.09. The first-order chi connectivity index (χ1) is 7.29. The smallest absolute Gasteiger partial charge is 0.0555 e. The minimum absolute atomic E-state index is 0. The van der Waals surface area contributed by atoms with E-state index in [4.69, 9.17) is 5.73 Å². The Morgan fingerprint density at radius 1 is 1.00 bits per heavy atom. The number of hydrogen-bond acceptors (Lipinski definition) is 2. The molecule has 2 aromatic rings. The van der Waals surface area contributed by atoms with Gasteiger partial charge in [0.1, 0.15) is 0 Å². The zero-order valence-corrected chi connectivity index (χ0v) is 11.2. The molecule has 1 heterocycles. The summed E-state index contributed by atoms with van der Waals surface area (Å²) in [6.45, 7) is 2.08. The number of nitrogens with two attached hydrogens (primary N) is 1. The third kappa shape index (κ3) is 3.70. The minimum Gasteiger partial charge on any atom is -0.320 e. The predicted octanol–water partition coefficient (Wildman–Crippen LogP) is 3.28. The summed E-state index contributed by atoms with van der Waals surface area (Å²) >= 11 is 0. The molecule has 2 nitrogen and oxygen atoms in total. The number of rotatable bonds is 2. The summed E-state index contributed by atoms with van der Waals surface area (Å²) in [6, 6.07) is 12.0. The van der Waals surface area contributed by atoms with Gasteiger partial charge in [-0.25, -0.2) is 0 Å². The molecule has 17 heavy (non-hydrogen) atoms. The lowest BCUT2D eigenvalue weighted by atomic mass is 9.97. The van der Waals surface area contributed by atoms with Crippen molar-refractivity contribution in [1.29, 1.82) is 0 Å². The van der Waals surface area contributed by atoms with Crippen LogP contribution >= 0.6 is 24.8 Å². The number of halogens is 2. The third-order valence-electron chi connectivity index (χ3n) is 2.59. The zero-order valence-electron chi connectivity index (χ0n) is 9.54. The first-order valence-electron chi connectivity index (χ1n) is 5.00. The maximum atomic E-state index is 6.19. The van der Waals surface area contributed by atoms with Crippen LogP contribution in [0.2, 0.25) is 0 Å². The van der Waals surface area contributed by atoms with E-state index in [-0.39, 0.29) is 30.9 Å². The Labute approximate surface area is 114 Å². The molecule has 92 valence electrons. The Bertz CT molecular complexity index is 446. The van der Waals surface area contributed by atoms with Gasteiger partial charge in [0.2, 0.25) is 0 Å². The van der Waals surface area contributed by atoms with E-state index < -0.39 is 0 Å². The summed E-state index contributed by atoms with van der Waals surface area (Å²) in [5.74, 6) is 0. The van der Waals surface area contributed by atoms with Crippen LogP contribution in [-0.4, -0.2) is 4.98 Å². The van der Waals surface area contributed by atoms with Crippen molar-refractivity contribution < 1.29 is 0 Å². The Hall–Kier alpha value is -1.09. The van der Waals surface area contributed by atoms with Crippen LogP contribution in [0.3, 0.4) is 0 Å². The SMILES string of the molecule is Cc1ccccc1C(N)c1ccncc1.Cl.Cl. The quantitative estimate of drug-likeness (QED) is 0.910. The Morgan fingerprint density at radius 3 is 2.18 bits per heavy atom. The number of benzene rings is 1. The van der Waals surface area contributed by atoms with Gasteiger partial charge in [0.15, 0.2) is 0 Å². The molecule has 0 bridgehead atoms. The molecule has 1 atom stereocenters. The van der Waals surface area contributed by atoms with Crippen molar-refractivity contribution in [3.05, 3.63) is 65.5 Å². The van der Waals surface area contributed by atoms with Gasteiger partial charge in [-0.3, -0.25) is 4.98 Å². The lowest BCUT2D eigenvalue weighted by molar-refractivity contribution is 0.858. The highest BCUT2D eigenvalue weighted by molar-refractivity contribution is 5.85. The predicted molar refractivity (Wildman–Crippen MR) is 75.9 cm³/mol. The van der Waals surface area contributed by atoms with Crippen LogP contribution in [-0.2, 0) is 0 Å². The van der Waals surface area contributed by atoms with Crippen LogP contribution in [0.4, 0.5) is 0 Å². The summed E-state index contributed by atoms with van der Waals surface area (Å²) in [5, 5.41) is 0. The Balaban J connectivity index is 0.00000128. The largest absolute Gasteiger partial charge is 0.320 e. The molecule has 0 saturated carbocycles. The zero-order chi connectivity index (χ0) is 10.7. The molecule has 0 radical (unpaired) electrons. The molecule has 0 spiro atoms. The molecule has 1 aromatic heterocycles. The van der Waals surface area contributed by atoms with E-state index in [2.05, 4.69) is 24.0 Å². The van der Waals surface area contributed by atoms with Crippen LogP contribution in [0.5, 0.6) is 0 Å². The fourth-order valence-corrected chi connectivity index (χ4v) is 1.69. The second kappa shape index (κ2) is 7.28. The minimum atomic E-state index is -0.0609. The molecule has 2 N–H and O–H groups in total. The molecule has 0 aliphatic heterocycles. The van der Waals surface area contributed by atoms with E-state index in [9.17, 15) is 0 Å². The highest BCUT2D eigenvalue weighted by Crippen LogP contribution is 2.21. The maximum Gasteiger partial charge on any atom is 0.0555 e. The molecular weight excluding hydrogens is 255 g/mol. The van der Waals surface area contributed by atoms with E-state index in [0.717, 1.165) is 5.56 Å². The first kappa shape index (κ1) is 15.9. The average molecular weight is 271 g/mol. The lowest BCUT2D eigenvalue weighted by Gasteiger charge is -2.14. The van der Waals surface area contributed by atoms with Gasteiger partial charge >= 0.3 is 0 Å². The molecule has 2 rings (SSSR count). The van der Waals surface area contributed by atoms with Crippen LogP contribution in [0.15, 0.2) is 48.8 Å². The van der Waals surface area contributed by atoms with E-state index in [1.807, 2.05) is 24.3 Å². The number of aryl methyl sites for hydroxylation is 1. The molecule has 0 aliphatic carbocycles. The molecule has 0 amide bonds. The summed E-state index contributed by atoms with van der Waals surface area (Å²) in [4.78, 5) is 3.99. The molecule has 0 aliphatic rings. The number of nitrogens with zero attached hydrogens (tertiary/aromatic N) is 1. The highest BCUT2D eigenvalue weighted by atomic mass is 35.5. The second-order valence-electron chi connectivity index (χ2n) is 3.61. The first-order valence-corrected chi connectivity index (χ1v) is 5.00. The second-order valence-corrected chi connectivity index (χ2v) is 3.61. The van der Waals surface area contributed by atoms with Crippen LogP contribution in [0.25, 0.3) is 0 Å². The topological polar surface area (TPSA) is 38.9 Å². The van der Waals surface area contributed by atoms with Gasteiger partial charge in [-0.2, -0.15) is 0 Å². The van der Waals surface area contributed by atoms with E-state index in [1.165, 1.54) is 11.1 Å². The van der Waals surface area contributed by atoms with Crippen LogP contribution < -0.4 is 5.73 Å². The Morgan fingerprint density at radius 2 is 1.59 bits per heavy atom. The van der Waals surface area contributed by atoms with Crippen molar-refractivity contribution >= 4 is 24.8 Å². The van der Waals surface area contributed by atoms with E-state index in [0.29, 0.717) is 0 Å². The standard InChI is InChI=1S/C13H14N2.2ClH/c1-10-4-2-3-5-12(10)13(14)11-6-8-15-9-7-11;;/h2-9,13H,14H2,1H3;2*1H. The van der Waals surface area contributed by atoms with Crippen molar-refractivity contribution in [3.63, 3.8) is 0 Å². The van der Waals surface area contributed by atoms with Crippen LogP contribution in [0.1, 0.15) is 22.7 Å². The molecule has 4 heteroatoms. The summed E-state index contributed by atoms with van der Waals surface area (Å²) in [6.07, 6.45) is 3.54. The van der Waals surface area contributed by atoms with Gasteiger partial charge in [-0.05, 0) is 35.7 Å². The summed E-state index contributed by atoms with van der Waals surface area (Å²) < 4.78 is 0. The van der Waals surface area contributed by atoms with Gasteiger partial charge in [0.05, 0.1) is 6.04 Å². The fourth-order valence-electron chi connectivity index (χ4n) is 1.69. The third-order valence-corrected chi connectivity index (χ3v) is 2.59. The monoisotopic (exact) mass is 270 g/mol. The van der Waals surface area contributed by atoms with Crippen molar-refractivity contribution in [1.82, 2.24) is 4.98 Å². The molecule has 1 aromatic carbocycles. The lowest BCUT2D eigenvalue weighted by Crippen LogP contribution is -2.13. The molecule has 0 fully saturated rings. The number of aromatic nitrogens is 1. The molecule has 1 unspecified atom stereocenters. The average Bonchev–Trinajstić information content (AvgIpc) is 2.30.